The van der Waals surface area contributed by atoms with E-state index in [0.717, 1.165) is 29.5 Å². The minimum Gasteiger partial charge on any atom is -0.342 e. The molecule has 5 nitrogen and oxygen atoms in total. The van der Waals surface area contributed by atoms with Crippen molar-refractivity contribution in [3.63, 3.8) is 0 Å². The molecule has 1 aromatic carbocycles. The molecule has 0 N–H and O–H groups in total. The Morgan fingerprint density at radius 2 is 2.04 bits per heavy atom. The van der Waals surface area contributed by atoms with Gasteiger partial charge < -0.3 is 4.90 Å². The van der Waals surface area contributed by atoms with E-state index in [-0.39, 0.29) is 11.5 Å². The first kappa shape index (κ1) is 17.7. The van der Waals surface area contributed by atoms with Crippen molar-refractivity contribution in [1.82, 2.24) is 14.5 Å². The lowest BCUT2D eigenvalue weighted by Crippen LogP contribution is -2.37. The zero-order chi connectivity index (χ0) is 17.1. The lowest BCUT2D eigenvalue weighted by molar-refractivity contribution is -0.129. The number of fused-ring (bicyclic) bond motifs is 1. The summed E-state index contributed by atoms with van der Waals surface area (Å²) in [7, 11) is 0. The molecule has 2 heterocycles. The topological polar surface area (TPSA) is 55.2 Å². The molecule has 0 bridgehead atoms. The van der Waals surface area contributed by atoms with Gasteiger partial charge in [0.1, 0.15) is 0 Å². The summed E-state index contributed by atoms with van der Waals surface area (Å²) in [6.07, 6.45) is 3.38. The predicted octanol–water partition coefficient (Wildman–Crippen LogP) is 3.13. The first-order valence-corrected chi connectivity index (χ1v) is 10.3. The summed E-state index contributed by atoms with van der Waals surface area (Å²) in [5, 5.41) is 1.26. The Kier molecular flexibility index (Phi) is 5.80. The monoisotopic (exact) mass is 457 g/mol. The number of nitrogens with zero attached hydrogens (tertiary/aromatic N) is 3. The maximum atomic E-state index is 12.7. The van der Waals surface area contributed by atoms with Crippen molar-refractivity contribution in [2.45, 2.75) is 37.9 Å². The number of carbonyl (C=O) groups is 1. The quantitative estimate of drug-likeness (QED) is 0.402. The second-order valence-electron chi connectivity index (χ2n) is 5.84. The Morgan fingerprint density at radius 3 is 2.75 bits per heavy atom. The molecule has 1 saturated heterocycles. The normalized spacial score (nSPS) is 15.0. The van der Waals surface area contributed by atoms with Gasteiger partial charge in [0.05, 0.1) is 16.7 Å². The van der Waals surface area contributed by atoms with E-state index in [1.807, 2.05) is 30.0 Å². The van der Waals surface area contributed by atoms with Crippen LogP contribution in [0.15, 0.2) is 28.2 Å². The first-order chi connectivity index (χ1) is 11.6. The van der Waals surface area contributed by atoms with Crippen molar-refractivity contribution in [3.8, 4) is 0 Å². The van der Waals surface area contributed by atoms with Crippen molar-refractivity contribution in [3.05, 3.63) is 32.1 Å². The standard InChI is InChI=1S/C17H20IN3O2S/c1-2-21-16(23)13-10-12(18)6-7-14(13)19-17(21)24-11-15(22)20-8-4-3-5-9-20/h6-7,10H,2-5,8-9,11H2,1H3. The van der Waals surface area contributed by atoms with E-state index in [9.17, 15) is 9.59 Å². The molecule has 0 atom stereocenters. The largest absolute Gasteiger partial charge is 0.342 e. The van der Waals surface area contributed by atoms with Crippen molar-refractivity contribution in [1.29, 1.82) is 0 Å². The number of aromatic nitrogens is 2. The van der Waals surface area contributed by atoms with Gasteiger partial charge in [-0.2, -0.15) is 0 Å². The van der Waals surface area contributed by atoms with Gasteiger partial charge in [-0.15, -0.1) is 0 Å². The van der Waals surface area contributed by atoms with Crippen LogP contribution < -0.4 is 5.56 Å². The molecular formula is C17H20IN3O2S. The van der Waals surface area contributed by atoms with Crippen LogP contribution in [0.5, 0.6) is 0 Å². The van der Waals surface area contributed by atoms with E-state index in [2.05, 4.69) is 27.6 Å². The molecule has 128 valence electrons. The molecule has 24 heavy (non-hydrogen) atoms. The molecule has 7 heteroatoms. The van der Waals surface area contributed by atoms with Gasteiger partial charge >= 0.3 is 0 Å². The number of hydrogen-bond acceptors (Lipinski definition) is 4. The van der Waals surface area contributed by atoms with Crippen LogP contribution in [0.1, 0.15) is 26.2 Å². The molecule has 0 unspecified atom stereocenters. The SMILES string of the molecule is CCn1c(SCC(=O)N2CCCCC2)nc2ccc(I)cc2c1=O. The average molecular weight is 457 g/mol. The Hall–Kier alpha value is -1.09. The summed E-state index contributed by atoms with van der Waals surface area (Å²) in [4.78, 5) is 31.6. The molecule has 0 spiro atoms. The van der Waals surface area contributed by atoms with E-state index in [4.69, 9.17) is 0 Å². The van der Waals surface area contributed by atoms with Gasteiger partial charge in [-0.05, 0) is 67.0 Å². The minimum atomic E-state index is -0.0334. The number of carbonyl (C=O) groups excluding carboxylic acids is 1. The van der Waals surface area contributed by atoms with Crippen LogP contribution in [-0.2, 0) is 11.3 Å². The van der Waals surface area contributed by atoms with Gasteiger partial charge in [0, 0.05) is 23.2 Å². The second kappa shape index (κ2) is 7.86. The number of benzene rings is 1. The van der Waals surface area contributed by atoms with E-state index in [0.29, 0.717) is 28.4 Å². The molecule has 1 aliphatic rings. The van der Waals surface area contributed by atoms with Gasteiger partial charge in [0.25, 0.3) is 5.56 Å². The Morgan fingerprint density at radius 1 is 1.29 bits per heavy atom. The Balaban J connectivity index is 1.84. The predicted molar refractivity (Wildman–Crippen MR) is 106 cm³/mol. The maximum Gasteiger partial charge on any atom is 0.262 e. The van der Waals surface area contributed by atoms with E-state index >= 15 is 0 Å². The molecule has 2 aromatic rings. The van der Waals surface area contributed by atoms with E-state index in [1.54, 1.807) is 4.57 Å². The van der Waals surface area contributed by atoms with Crippen LogP contribution >= 0.6 is 34.4 Å². The smallest absolute Gasteiger partial charge is 0.262 e. The fourth-order valence-electron chi connectivity index (χ4n) is 2.92. The zero-order valence-corrected chi connectivity index (χ0v) is 16.6. The number of thioether (sulfide) groups is 1. The van der Waals surface area contributed by atoms with E-state index in [1.165, 1.54) is 18.2 Å². The van der Waals surface area contributed by atoms with E-state index < -0.39 is 0 Å². The first-order valence-electron chi connectivity index (χ1n) is 8.21. The third-order valence-electron chi connectivity index (χ3n) is 4.23. The molecule has 1 aromatic heterocycles. The number of piperidine rings is 1. The molecule has 1 aliphatic heterocycles. The zero-order valence-electron chi connectivity index (χ0n) is 13.6. The summed E-state index contributed by atoms with van der Waals surface area (Å²) in [6, 6.07) is 5.68. The lowest BCUT2D eigenvalue weighted by atomic mass is 10.1. The van der Waals surface area contributed by atoms with Crippen molar-refractivity contribution < 1.29 is 4.79 Å². The van der Waals surface area contributed by atoms with Crippen LogP contribution in [0.25, 0.3) is 10.9 Å². The summed E-state index contributed by atoms with van der Waals surface area (Å²) >= 11 is 3.56. The molecule has 0 saturated carbocycles. The maximum absolute atomic E-state index is 12.7. The average Bonchev–Trinajstić information content (AvgIpc) is 2.61. The molecule has 0 radical (unpaired) electrons. The number of amides is 1. The molecular weight excluding hydrogens is 437 g/mol. The molecule has 1 fully saturated rings. The van der Waals surface area contributed by atoms with Gasteiger partial charge in [-0.25, -0.2) is 4.98 Å². The minimum absolute atomic E-state index is 0.0334. The lowest BCUT2D eigenvalue weighted by Gasteiger charge is -2.26. The van der Waals surface area contributed by atoms with Crippen molar-refractivity contribution >= 4 is 51.2 Å². The van der Waals surface area contributed by atoms with Gasteiger partial charge in [0.15, 0.2) is 5.16 Å². The fourth-order valence-corrected chi connectivity index (χ4v) is 4.38. The van der Waals surface area contributed by atoms with Gasteiger partial charge in [-0.1, -0.05) is 11.8 Å². The fraction of sp³-hybridized carbons (Fsp3) is 0.471. The van der Waals surface area contributed by atoms with Crippen LogP contribution in [0.2, 0.25) is 0 Å². The highest BCUT2D eigenvalue weighted by molar-refractivity contribution is 14.1. The highest BCUT2D eigenvalue weighted by Gasteiger charge is 2.18. The second-order valence-corrected chi connectivity index (χ2v) is 8.02. The van der Waals surface area contributed by atoms with Gasteiger partial charge in [0.2, 0.25) is 5.91 Å². The Labute approximate surface area is 159 Å². The summed E-state index contributed by atoms with van der Waals surface area (Å²) in [6.45, 7) is 4.18. The van der Waals surface area contributed by atoms with Crippen LogP contribution in [0.4, 0.5) is 0 Å². The molecule has 1 amide bonds. The molecule has 3 rings (SSSR count). The summed E-state index contributed by atoms with van der Waals surface area (Å²) < 4.78 is 2.68. The highest BCUT2D eigenvalue weighted by Crippen LogP contribution is 2.20. The van der Waals surface area contributed by atoms with Crippen LogP contribution in [0, 0.1) is 3.57 Å². The van der Waals surface area contributed by atoms with Crippen molar-refractivity contribution in [2.75, 3.05) is 18.8 Å². The Bertz CT molecular complexity index is 815. The third-order valence-corrected chi connectivity index (χ3v) is 5.86. The van der Waals surface area contributed by atoms with Crippen LogP contribution in [-0.4, -0.2) is 39.2 Å². The number of rotatable bonds is 4. The summed E-state index contributed by atoms with van der Waals surface area (Å²) in [5.41, 5.74) is 0.659. The number of hydrogen-bond donors (Lipinski definition) is 0. The number of halogens is 1. The third kappa shape index (κ3) is 3.77. The summed E-state index contributed by atoms with van der Waals surface area (Å²) in [5.74, 6) is 0.474. The highest BCUT2D eigenvalue weighted by atomic mass is 127. The van der Waals surface area contributed by atoms with Crippen LogP contribution in [0.3, 0.4) is 0 Å². The number of likely N-dealkylation sites (tertiary alicyclic amines) is 1. The van der Waals surface area contributed by atoms with Gasteiger partial charge in [-0.3, -0.25) is 14.2 Å². The molecule has 0 aliphatic carbocycles. The van der Waals surface area contributed by atoms with Crippen molar-refractivity contribution in [2.24, 2.45) is 0 Å².